The van der Waals surface area contributed by atoms with Crippen LogP contribution in [0.5, 0.6) is 5.75 Å². The van der Waals surface area contributed by atoms with Crippen molar-refractivity contribution in [2.45, 2.75) is 38.6 Å². The van der Waals surface area contributed by atoms with E-state index in [1.54, 1.807) is 0 Å². The molecule has 0 spiro atoms. The minimum atomic E-state index is 0.387. The van der Waals surface area contributed by atoms with Crippen LogP contribution in [0, 0.1) is 0 Å². The first kappa shape index (κ1) is 19.2. The molecule has 1 aliphatic rings. The summed E-state index contributed by atoms with van der Waals surface area (Å²) in [6.45, 7) is 8.85. The second-order valence-electron chi connectivity index (χ2n) is 7.15. The Morgan fingerprint density at radius 2 is 1.83 bits per heavy atom. The molecule has 0 radical (unpaired) electrons. The highest BCUT2D eigenvalue weighted by Crippen LogP contribution is 2.18. The van der Waals surface area contributed by atoms with Crippen molar-refractivity contribution in [1.29, 1.82) is 0 Å². The van der Waals surface area contributed by atoms with Crippen LogP contribution >= 0.6 is 0 Å². The zero-order chi connectivity index (χ0) is 17.2. The highest BCUT2D eigenvalue weighted by atomic mass is 16.5. The predicted octanol–water partition coefficient (Wildman–Crippen LogP) is 3.15. The van der Waals surface area contributed by atoms with Gasteiger partial charge in [0.25, 0.3) is 0 Å². The zero-order valence-corrected chi connectivity index (χ0v) is 15.8. The van der Waals surface area contributed by atoms with Gasteiger partial charge >= 0.3 is 0 Å². The van der Waals surface area contributed by atoms with Crippen LogP contribution < -0.4 is 10.1 Å². The van der Waals surface area contributed by atoms with Gasteiger partial charge in [-0.3, -0.25) is 0 Å². The lowest BCUT2D eigenvalue weighted by atomic mass is 10.1. The summed E-state index contributed by atoms with van der Waals surface area (Å²) in [5.74, 6) is 0.970. The van der Waals surface area contributed by atoms with Gasteiger partial charge in [-0.2, -0.15) is 0 Å². The van der Waals surface area contributed by atoms with E-state index in [9.17, 15) is 0 Å². The number of piperidine rings is 1. The first-order chi connectivity index (χ1) is 11.6. The minimum absolute atomic E-state index is 0.387. The van der Waals surface area contributed by atoms with E-state index in [-0.39, 0.29) is 0 Å². The fourth-order valence-electron chi connectivity index (χ4n) is 3.16. The van der Waals surface area contributed by atoms with Crippen LogP contribution in [0.3, 0.4) is 0 Å². The summed E-state index contributed by atoms with van der Waals surface area (Å²) in [6.07, 6.45) is 5.20. The first-order valence-electron chi connectivity index (χ1n) is 9.48. The summed E-state index contributed by atoms with van der Waals surface area (Å²) in [4.78, 5) is 4.76. The Labute approximate surface area is 148 Å². The quantitative estimate of drug-likeness (QED) is 0.666. The molecule has 1 aromatic rings. The molecule has 4 heteroatoms. The predicted molar refractivity (Wildman–Crippen MR) is 102 cm³/mol. The van der Waals surface area contributed by atoms with Crippen molar-refractivity contribution in [3.05, 3.63) is 29.8 Å². The van der Waals surface area contributed by atoms with Gasteiger partial charge in [-0.25, -0.2) is 0 Å². The molecule has 4 nitrogen and oxygen atoms in total. The summed E-state index contributed by atoms with van der Waals surface area (Å²) in [5.41, 5.74) is 1.33. The number of likely N-dealkylation sites (tertiary alicyclic amines) is 1. The van der Waals surface area contributed by atoms with Crippen molar-refractivity contribution < 1.29 is 4.74 Å². The van der Waals surface area contributed by atoms with Crippen LogP contribution in [0.2, 0.25) is 0 Å². The number of benzene rings is 1. The molecule has 0 aliphatic carbocycles. The van der Waals surface area contributed by atoms with E-state index in [2.05, 4.69) is 60.4 Å². The van der Waals surface area contributed by atoms with E-state index in [1.165, 1.54) is 37.9 Å². The fraction of sp³-hybridized carbons (Fsp3) is 0.700. The monoisotopic (exact) mass is 333 g/mol. The van der Waals surface area contributed by atoms with Crippen LogP contribution in [-0.2, 0) is 0 Å². The van der Waals surface area contributed by atoms with Gasteiger partial charge in [0.1, 0.15) is 5.75 Å². The first-order valence-corrected chi connectivity index (χ1v) is 9.48. The molecular weight excluding hydrogens is 298 g/mol. The minimum Gasteiger partial charge on any atom is -0.494 e. The SMILES string of the molecule is CC(NCCN1CCCCC1)c1ccc(OCCCN(C)C)cc1. The van der Waals surface area contributed by atoms with Crippen molar-refractivity contribution in [3.63, 3.8) is 0 Å². The van der Waals surface area contributed by atoms with E-state index in [0.717, 1.165) is 38.4 Å². The Bertz CT molecular complexity index is 441. The molecule has 1 unspecified atom stereocenters. The Kier molecular flexibility index (Phi) is 8.57. The van der Waals surface area contributed by atoms with Gasteiger partial charge < -0.3 is 19.9 Å². The van der Waals surface area contributed by atoms with Gasteiger partial charge in [0.15, 0.2) is 0 Å². The van der Waals surface area contributed by atoms with Crippen molar-refractivity contribution >= 4 is 0 Å². The third kappa shape index (κ3) is 7.20. The van der Waals surface area contributed by atoms with Gasteiger partial charge in [-0.1, -0.05) is 18.6 Å². The van der Waals surface area contributed by atoms with Crippen LogP contribution in [-0.4, -0.2) is 63.2 Å². The standard InChI is InChI=1S/C20H35N3O/c1-18(21-12-16-23-14-5-4-6-15-23)19-8-10-20(11-9-19)24-17-7-13-22(2)3/h8-11,18,21H,4-7,12-17H2,1-3H3. The topological polar surface area (TPSA) is 27.7 Å². The Morgan fingerprint density at radius 1 is 1.12 bits per heavy atom. The van der Waals surface area contributed by atoms with Crippen LogP contribution in [0.15, 0.2) is 24.3 Å². The molecule has 1 fully saturated rings. The summed E-state index contributed by atoms with van der Waals surface area (Å²) in [6, 6.07) is 8.93. The van der Waals surface area contributed by atoms with E-state index in [4.69, 9.17) is 4.74 Å². The second kappa shape index (κ2) is 10.7. The van der Waals surface area contributed by atoms with Crippen molar-refractivity contribution in [2.75, 3.05) is 53.4 Å². The zero-order valence-electron chi connectivity index (χ0n) is 15.8. The maximum atomic E-state index is 5.80. The van der Waals surface area contributed by atoms with Gasteiger partial charge in [0, 0.05) is 25.7 Å². The molecule has 0 amide bonds. The third-order valence-electron chi connectivity index (χ3n) is 4.73. The van der Waals surface area contributed by atoms with Crippen molar-refractivity contribution in [2.24, 2.45) is 0 Å². The van der Waals surface area contributed by atoms with E-state index >= 15 is 0 Å². The summed E-state index contributed by atoms with van der Waals surface area (Å²) >= 11 is 0. The number of hydrogen-bond donors (Lipinski definition) is 1. The van der Waals surface area contributed by atoms with E-state index in [0.29, 0.717) is 6.04 Å². The molecule has 1 aromatic carbocycles. The number of hydrogen-bond acceptors (Lipinski definition) is 4. The molecule has 136 valence electrons. The molecule has 24 heavy (non-hydrogen) atoms. The van der Waals surface area contributed by atoms with Gasteiger partial charge in [0.2, 0.25) is 0 Å². The number of nitrogens with zero attached hydrogens (tertiary/aromatic N) is 2. The molecule has 0 aromatic heterocycles. The third-order valence-corrected chi connectivity index (χ3v) is 4.73. The lowest BCUT2D eigenvalue weighted by molar-refractivity contribution is 0.227. The van der Waals surface area contributed by atoms with Gasteiger partial charge in [-0.05, 0) is 71.1 Å². The molecular formula is C20H35N3O. The van der Waals surface area contributed by atoms with Crippen LogP contribution in [0.25, 0.3) is 0 Å². The molecule has 1 aliphatic heterocycles. The average molecular weight is 334 g/mol. The van der Waals surface area contributed by atoms with E-state index in [1.807, 2.05) is 0 Å². The van der Waals surface area contributed by atoms with E-state index < -0.39 is 0 Å². The number of nitrogens with one attached hydrogen (secondary N) is 1. The van der Waals surface area contributed by atoms with Gasteiger partial charge in [0.05, 0.1) is 6.61 Å². The Hall–Kier alpha value is -1.10. The van der Waals surface area contributed by atoms with Crippen LogP contribution in [0.1, 0.15) is 44.2 Å². The lowest BCUT2D eigenvalue weighted by Gasteiger charge is -2.27. The summed E-state index contributed by atoms with van der Waals surface area (Å²) in [5, 5.41) is 3.64. The molecule has 0 bridgehead atoms. The summed E-state index contributed by atoms with van der Waals surface area (Å²) in [7, 11) is 4.18. The second-order valence-corrected chi connectivity index (χ2v) is 7.15. The maximum absolute atomic E-state index is 5.80. The van der Waals surface area contributed by atoms with Gasteiger partial charge in [-0.15, -0.1) is 0 Å². The molecule has 1 heterocycles. The smallest absolute Gasteiger partial charge is 0.119 e. The molecule has 2 rings (SSSR count). The Balaban J connectivity index is 1.65. The molecule has 0 saturated carbocycles. The van der Waals surface area contributed by atoms with Crippen LogP contribution in [0.4, 0.5) is 0 Å². The average Bonchev–Trinajstić information content (AvgIpc) is 2.60. The normalized spacial score (nSPS) is 17.2. The maximum Gasteiger partial charge on any atom is 0.119 e. The molecule has 1 atom stereocenters. The van der Waals surface area contributed by atoms with Crippen molar-refractivity contribution in [1.82, 2.24) is 15.1 Å². The van der Waals surface area contributed by atoms with Crippen molar-refractivity contribution in [3.8, 4) is 5.75 Å². The Morgan fingerprint density at radius 3 is 2.50 bits per heavy atom. The molecule has 1 N–H and O–H groups in total. The fourth-order valence-corrected chi connectivity index (χ4v) is 3.16. The molecule has 1 saturated heterocycles. The summed E-state index contributed by atoms with van der Waals surface area (Å²) < 4.78 is 5.80. The highest BCUT2D eigenvalue weighted by Gasteiger charge is 2.10. The number of rotatable bonds is 10. The largest absolute Gasteiger partial charge is 0.494 e. The lowest BCUT2D eigenvalue weighted by Crippen LogP contribution is -2.36. The highest BCUT2D eigenvalue weighted by molar-refractivity contribution is 5.28. The number of ether oxygens (including phenoxy) is 1.